The van der Waals surface area contributed by atoms with E-state index in [0.717, 1.165) is 41.6 Å². The second kappa shape index (κ2) is 7.75. The molecule has 150 valence electrons. The third-order valence-electron chi connectivity index (χ3n) is 5.17. The van der Waals surface area contributed by atoms with Crippen molar-refractivity contribution in [1.82, 2.24) is 19.9 Å². The molecule has 0 bridgehead atoms. The number of sulfone groups is 1. The molecule has 9 heteroatoms. The Bertz CT molecular complexity index is 1130. The van der Waals surface area contributed by atoms with Crippen LogP contribution < -0.4 is 11.1 Å². The van der Waals surface area contributed by atoms with Crippen LogP contribution in [0.5, 0.6) is 0 Å². The smallest absolute Gasteiger partial charge is 0.221 e. The minimum atomic E-state index is -3.29. The highest BCUT2D eigenvalue weighted by Gasteiger charge is 2.25. The van der Waals surface area contributed by atoms with Crippen molar-refractivity contribution in [2.24, 2.45) is 0 Å². The van der Waals surface area contributed by atoms with Gasteiger partial charge in [0.2, 0.25) is 5.95 Å². The number of benzene rings is 1. The van der Waals surface area contributed by atoms with Crippen LogP contribution in [0.25, 0.3) is 11.1 Å². The number of nitrogen functional groups attached to an aromatic ring is 1. The molecule has 3 N–H and O–H groups in total. The van der Waals surface area contributed by atoms with Crippen LogP contribution in [0.4, 0.5) is 11.8 Å². The van der Waals surface area contributed by atoms with Crippen LogP contribution in [0.1, 0.15) is 36.4 Å². The Kier molecular flexibility index (Phi) is 5.14. The van der Waals surface area contributed by atoms with E-state index in [2.05, 4.69) is 25.3 Å². The Hall–Kier alpha value is -3.07. The first-order valence-electron chi connectivity index (χ1n) is 9.37. The van der Waals surface area contributed by atoms with E-state index in [1.54, 1.807) is 24.5 Å². The molecule has 2 aromatic heterocycles. The highest BCUT2D eigenvalue weighted by atomic mass is 32.2. The molecule has 8 nitrogen and oxygen atoms in total. The van der Waals surface area contributed by atoms with Crippen LogP contribution in [-0.4, -0.2) is 34.6 Å². The standard InChI is InChI=1S/C20H22N6O2S/c1-29(27,28)15-5-6-16(17(9-15)13-3-2-4-13)18-11-24-20(21)26-19(18)23-10-14-7-8-22-12-25-14/h5-9,11-13H,2-4,10H2,1H3,(H3,21,23,24,26). The molecule has 4 rings (SSSR count). The summed E-state index contributed by atoms with van der Waals surface area (Å²) in [7, 11) is -3.29. The Balaban J connectivity index is 1.76. The monoisotopic (exact) mass is 410 g/mol. The van der Waals surface area contributed by atoms with Crippen LogP contribution in [0.3, 0.4) is 0 Å². The summed E-state index contributed by atoms with van der Waals surface area (Å²) in [6, 6.07) is 7.09. The second-order valence-corrected chi connectivity index (χ2v) is 9.21. The number of nitrogens with one attached hydrogen (secondary N) is 1. The predicted octanol–water partition coefficient (Wildman–Crippen LogP) is 2.80. The largest absolute Gasteiger partial charge is 0.368 e. The number of hydrogen-bond donors (Lipinski definition) is 2. The van der Waals surface area contributed by atoms with Crippen molar-refractivity contribution < 1.29 is 8.42 Å². The molecule has 0 radical (unpaired) electrons. The third kappa shape index (κ3) is 4.19. The lowest BCUT2D eigenvalue weighted by molar-refractivity contribution is 0.420. The molecule has 1 saturated carbocycles. The molecular formula is C20H22N6O2S. The fraction of sp³-hybridized carbons (Fsp3) is 0.300. The molecular weight excluding hydrogens is 388 g/mol. The lowest BCUT2D eigenvalue weighted by atomic mass is 9.77. The number of aromatic nitrogens is 4. The number of hydrogen-bond acceptors (Lipinski definition) is 8. The maximum absolute atomic E-state index is 12.1. The van der Waals surface area contributed by atoms with Crippen LogP contribution in [0.15, 0.2) is 47.9 Å². The molecule has 0 unspecified atom stereocenters. The van der Waals surface area contributed by atoms with Gasteiger partial charge in [0.1, 0.15) is 12.1 Å². The van der Waals surface area contributed by atoms with Gasteiger partial charge in [-0.3, -0.25) is 0 Å². The first kappa shape index (κ1) is 19.3. The average molecular weight is 411 g/mol. The van der Waals surface area contributed by atoms with Crippen LogP contribution in [-0.2, 0) is 16.4 Å². The Morgan fingerprint density at radius 1 is 1.17 bits per heavy atom. The Morgan fingerprint density at radius 2 is 2.00 bits per heavy atom. The Morgan fingerprint density at radius 3 is 2.66 bits per heavy atom. The summed E-state index contributed by atoms with van der Waals surface area (Å²) in [5, 5.41) is 3.28. The quantitative estimate of drug-likeness (QED) is 0.636. The molecule has 0 atom stereocenters. The van der Waals surface area contributed by atoms with Gasteiger partial charge < -0.3 is 11.1 Å². The maximum Gasteiger partial charge on any atom is 0.221 e. The zero-order valence-corrected chi connectivity index (χ0v) is 16.9. The van der Waals surface area contributed by atoms with E-state index in [0.29, 0.717) is 23.2 Å². The van der Waals surface area contributed by atoms with Crippen molar-refractivity contribution in [2.75, 3.05) is 17.3 Å². The number of anilines is 2. The molecule has 1 aliphatic carbocycles. The minimum Gasteiger partial charge on any atom is -0.368 e. The topological polar surface area (TPSA) is 124 Å². The summed E-state index contributed by atoms with van der Waals surface area (Å²) in [6.07, 6.45) is 9.31. The van der Waals surface area contributed by atoms with Crippen molar-refractivity contribution in [3.63, 3.8) is 0 Å². The summed E-state index contributed by atoms with van der Waals surface area (Å²) < 4.78 is 24.1. The van der Waals surface area contributed by atoms with Gasteiger partial charge in [-0.05, 0) is 48.1 Å². The van der Waals surface area contributed by atoms with Crippen molar-refractivity contribution in [2.45, 2.75) is 36.6 Å². The van der Waals surface area contributed by atoms with E-state index in [1.165, 1.54) is 12.6 Å². The highest BCUT2D eigenvalue weighted by Crippen LogP contribution is 2.43. The first-order valence-corrected chi connectivity index (χ1v) is 11.3. The van der Waals surface area contributed by atoms with Crippen LogP contribution in [0, 0.1) is 0 Å². The number of rotatable bonds is 6. The van der Waals surface area contributed by atoms with E-state index in [9.17, 15) is 8.42 Å². The van der Waals surface area contributed by atoms with E-state index in [1.807, 2.05) is 12.1 Å². The molecule has 0 amide bonds. The summed E-state index contributed by atoms with van der Waals surface area (Å²) >= 11 is 0. The zero-order valence-electron chi connectivity index (χ0n) is 16.0. The summed E-state index contributed by atoms with van der Waals surface area (Å²) in [6.45, 7) is 0.451. The SMILES string of the molecule is CS(=O)(=O)c1ccc(-c2cnc(N)nc2NCc2ccncn2)c(C2CCC2)c1. The van der Waals surface area contributed by atoms with E-state index in [-0.39, 0.29) is 5.95 Å². The second-order valence-electron chi connectivity index (χ2n) is 7.19. The number of nitrogens with two attached hydrogens (primary N) is 1. The van der Waals surface area contributed by atoms with Gasteiger partial charge in [-0.25, -0.2) is 23.4 Å². The fourth-order valence-corrected chi connectivity index (χ4v) is 4.05. The molecule has 0 aliphatic heterocycles. The minimum absolute atomic E-state index is 0.164. The first-order chi connectivity index (χ1) is 13.9. The van der Waals surface area contributed by atoms with Gasteiger partial charge in [0.15, 0.2) is 9.84 Å². The van der Waals surface area contributed by atoms with Gasteiger partial charge in [0.05, 0.1) is 17.1 Å². The van der Waals surface area contributed by atoms with Gasteiger partial charge in [0, 0.05) is 24.2 Å². The van der Waals surface area contributed by atoms with Crippen molar-refractivity contribution in [3.05, 3.63) is 54.2 Å². The Labute approximate surface area is 169 Å². The molecule has 3 aromatic rings. The maximum atomic E-state index is 12.1. The average Bonchev–Trinajstić information content (AvgIpc) is 2.65. The van der Waals surface area contributed by atoms with Gasteiger partial charge in [-0.1, -0.05) is 12.5 Å². The third-order valence-corrected chi connectivity index (χ3v) is 6.28. The zero-order chi connectivity index (χ0) is 20.4. The van der Waals surface area contributed by atoms with Gasteiger partial charge >= 0.3 is 0 Å². The highest BCUT2D eigenvalue weighted by molar-refractivity contribution is 7.90. The van der Waals surface area contributed by atoms with Gasteiger partial charge in [0.25, 0.3) is 0 Å². The van der Waals surface area contributed by atoms with Crippen molar-refractivity contribution in [1.29, 1.82) is 0 Å². The van der Waals surface area contributed by atoms with Gasteiger partial charge in [-0.15, -0.1) is 0 Å². The van der Waals surface area contributed by atoms with Crippen LogP contribution in [0.2, 0.25) is 0 Å². The summed E-state index contributed by atoms with van der Waals surface area (Å²) in [4.78, 5) is 17.0. The van der Waals surface area contributed by atoms with Crippen LogP contribution >= 0.6 is 0 Å². The fourth-order valence-electron chi connectivity index (χ4n) is 3.40. The molecule has 0 spiro atoms. The van der Waals surface area contributed by atoms with Crippen molar-refractivity contribution >= 4 is 21.6 Å². The lowest BCUT2D eigenvalue weighted by Gasteiger charge is -2.29. The predicted molar refractivity (Wildman–Crippen MR) is 111 cm³/mol. The molecule has 1 fully saturated rings. The normalized spacial score (nSPS) is 14.4. The summed E-state index contributed by atoms with van der Waals surface area (Å²) in [5.74, 6) is 1.08. The summed E-state index contributed by atoms with van der Waals surface area (Å²) in [5.41, 5.74) is 9.36. The molecule has 0 saturated heterocycles. The van der Waals surface area contributed by atoms with E-state index >= 15 is 0 Å². The lowest BCUT2D eigenvalue weighted by Crippen LogP contribution is -2.13. The number of nitrogens with zero attached hydrogens (tertiary/aromatic N) is 4. The molecule has 1 aromatic carbocycles. The van der Waals surface area contributed by atoms with Crippen molar-refractivity contribution in [3.8, 4) is 11.1 Å². The van der Waals surface area contributed by atoms with E-state index < -0.39 is 9.84 Å². The molecule has 29 heavy (non-hydrogen) atoms. The molecule has 2 heterocycles. The molecule has 1 aliphatic rings. The van der Waals surface area contributed by atoms with E-state index in [4.69, 9.17) is 5.73 Å². The van der Waals surface area contributed by atoms with Gasteiger partial charge in [-0.2, -0.15) is 4.98 Å².